The van der Waals surface area contributed by atoms with Crippen molar-refractivity contribution in [2.45, 2.75) is 45.1 Å². The molecule has 0 spiro atoms. The quantitative estimate of drug-likeness (QED) is 0.865. The molecule has 2 heteroatoms. The number of aromatic nitrogens is 1. The van der Waals surface area contributed by atoms with Crippen LogP contribution in [-0.4, -0.2) is 11.5 Å². The van der Waals surface area contributed by atoms with E-state index >= 15 is 0 Å². The van der Waals surface area contributed by atoms with Gasteiger partial charge >= 0.3 is 0 Å². The van der Waals surface area contributed by atoms with Gasteiger partial charge in [0.05, 0.1) is 5.52 Å². The van der Waals surface area contributed by atoms with Crippen molar-refractivity contribution >= 4 is 10.9 Å². The van der Waals surface area contributed by atoms with Gasteiger partial charge in [-0.15, -0.1) is 0 Å². The molecule has 0 saturated heterocycles. The Balaban J connectivity index is 1.83. The molecule has 1 aromatic carbocycles. The summed E-state index contributed by atoms with van der Waals surface area (Å²) in [5.41, 5.74) is 2.50. The van der Waals surface area contributed by atoms with Gasteiger partial charge in [0, 0.05) is 17.6 Å². The van der Waals surface area contributed by atoms with Crippen molar-refractivity contribution in [1.82, 2.24) is 10.3 Å². The second-order valence-corrected chi connectivity index (χ2v) is 5.95. The fourth-order valence-electron chi connectivity index (χ4n) is 3.46. The molecule has 1 heterocycles. The Morgan fingerprint density at radius 2 is 2.10 bits per heavy atom. The Labute approximate surface area is 121 Å². The summed E-state index contributed by atoms with van der Waals surface area (Å²) in [6, 6.07) is 11.4. The first kappa shape index (κ1) is 13.6. The van der Waals surface area contributed by atoms with Gasteiger partial charge in [-0.05, 0) is 36.6 Å². The lowest BCUT2D eigenvalue weighted by Gasteiger charge is -2.22. The number of rotatable bonds is 5. The summed E-state index contributed by atoms with van der Waals surface area (Å²) in [6.07, 6.45) is 8.81. The molecule has 2 nitrogen and oxygen atoms in total. The highest BCUT2D eigenvalue weighted by Crippen LogP contribution is 2.33. The zero-order chi connectivity index (χ0) is 13.8. The van der Waals surface area contributed by atoms with E-state index < -0.39 is 0 Å². The fourth-order valence-corrected chi connectivity index (χ4v) is 3.46. The largest absolute Gasteiger partial charge is 0.310 e. The molecule has 1 saturated carbocycles. The van der Waals surface area contributed by atoms with E-state index in [2.05, 4.69) is 41.5 Å². The summed E-state index contributed by atoms with van der Waals surface area (Å²) >= 11 is 0. The normalized spacial score (nSPS) is 17.6. The maximum absolute atomic E-state index is 4.49. The van der Waals surface area contributed by atoms with Crippen LogP contribution in [0, 0.1) is 5.92 Å². The van der Waals surface area contributed by atoms with Crippen molar-refractivity contribution in [2.75, 3.05) is 6.54 Å². The molecule has 0 amide bonds. The van der Waals surface area contributed by atoms with Crippen molar-refractivity contribution in [3.8, 4) is 0 Å². The summed E-state index contributed by atoms with van der Waals surface area (Å²) in [6.45, 7) is 3.22. The number of nitrogens with one attached hydrogen (secondary N) is 1. The summed E-state index contributed by atoms with van der Waals surface area (Å²) in [4.78, 5) is 4.49. The molecule has 1 atom stereocenters. The minimum Gasteiger partial charge on any atom is -0.310 e. The molecule has 1 aliphatic carbocycles. The molecular weight excluding hydrogens is 244 g/mol. The van der Waals surface area contributed by atoms with Gasteiger partial charge in [-0.3, -0.25) is 4.98 Å². The summed E-state index contributed by atoms with van der Waals surface area (Å²) in [5.74, 6) is 0.901. The van der Waals surface area contributed by atoms with Gasteiger partial charge in [-0.1, -0.05) is 50.8 Å². The Morgan fingerprint density at radius 1 is 1.25 bits per heavy atom. The molecule has 3 rings (SSSR count). The zero-order valence-corrected chi connectivity index (χ0v) is 12.3. The maximum Gasteiger partial charge on any atom is 0.0705 e. The minimum absolute atomic E-state index is 0.481. The standard InChI is InChI=1S/C18H24N2/c1-2-19-17(12-14-6-3-4-7-14)16-10-9-15-8-5-11-20-18(15)13-16/h5,8-11,13-14,17,19H,2-4,6-7,12H2,1H3. The first-order valence-electron chi connectivity index (χ1n) is 7.95. The number of hydrogen-bond donors (Lipinski definition) is 1. The highest BCUT2D eigenvalue weighted by atomic mass is 14.9. The molecule has 20 heavy (non-hydrogen) atoms. The smallest absolute Gasteiger partial charge is 0.0705 e. The molecule has 0 aliphatic heterocycles. The average Bonchev–Trinajstić information content (AvgIpc) is 2.99. The van der Waals surface area contributed by atoms with Crippen LogP contribution < -0.4 is 5.32 Å². The molecule has 1 aromatic heterocycles. The van der Waals surface area contributed by atoms with Gasteiger partial charge in [-0.2, -0.15) is 0 Å². The van der Waals surface area contributed by atoms with E-state index in [4.69, 9.17) is 0 Å². The third-order valence-corrected chi connectivity index (χ3v) is 4.53. The van der Waals surface area contributed by atoms with Gasteiger partial charge < -0.3 is 5.32 Å². The molecule has 106 valence electrons. The van der Waals surface area contributed by atoms with Crippen LogP contribution in [0.3, 0.4) is 0 Å². The molecule has 0 radical (unpaired) electrons. The van der Waals surface area contributed by atoms with E-state index in [1.165, 1.54) is 43.1 Å². The molecule has 0 bridgehead atoms. The average molecular weight is 268 g/mol. The predicted molar refractivity (Wildman–Crippen MR) is 84.7 cm³/mol. The molecule has 1 aliphatic rings. The number of hydrogen-bond acceptors (Lipinski definition) is 2. The van der Waals surface area contributed by atoms with Crippen LogP contribution >= 0.6 is 0 Å². The van der Waals surface area contributed by atoms with E-state index in [0.29, 0.717) is 6.04 Å². The van der Waals surface area contributed by atoms with Crippen molar-refractivity contribution in [2.24, 2.45) is 5.92 Å². The first-order valence-corrected chi connectivity index (χ1v) is 7.95. The van der Waals surface area contributed by atoms with Crippen LogP contribution in [0.5, 0.6) is 0 Å². The van der Waals surface area contributed by atoms with Gasteiger partial charge in [-0.25, -0.2) is 0 Å². The van der Waals surface area contributed by atoms with Crippen molar-refractivity contribution < 1.29 is 0 Å². The van der Waals surface area contributed by atoms with Gasteiger partial charge in [0.1, 0.15) is 0 Å². The second-order valence-electron chi connectivity index (χ2n) is 5.95. The number of pyridine rings is 1. The minimum atomic E-state index is 0.481. The zero-order valence-electron chi connectivity index (χ0n) is 12.3. The van der Waals surface area contributed by atoms with Crippen LogP contribution in [-0.2, 0) is 0 Å². The predicted octanol–water partition coefficient (Wildman–Crippen LogP) is 4.47. The summed E-state index contributed by atoms with van der Waals surface area (Å²) in [5, 5.41) is 4.89. The van der Waals surface area contributed by atoms with Gasteiger partial charge in [0.2, 0.25) is 0 Å². The van der Waals surface area contributed by atoms with Crippen molar-refractivity contribution in [1.29, 1.82) is 0 Å². The van der Waals surface area contributed by atoms with Crippen molar-refractivity contribution in [3.05, 3.63) is 42.1 Å². The number of benzene rings is 1. The second kappa shape index (κ2) is 6.36. The van der Waals surface area contributed by atoms with E-state index in [1.807, 2.05) is 12.3 Å². The lowest BCUT2D eigenvalue weighted by atomic mass is 9.93. The fraction of sp³-hybridized carbons (Fsp3) is 0.500. The van der Waals surface area contributed by atoms with Gasteiger partial charge in [0.15, 0.2) is 0 Å². The summed E-state index contributed by atoms with van der Waals surface area (Å²) in [7, 11) is 0. The molecule has 1 unspecified atom stereocenters. The Morgan fingerprint density at radius 3 is 2.90 bits per heavy atom. The maximum atomic E-state index is 4.49. The monoisotopic (exact) mass is 268 g/mol. The highest BCUT2D eigenvalue weighted by Gasteiger charge is 2.21. The first-order chi connectivity index (χ1) is 9.86. The highest BCUT2D eigenvalue weighted by molar-refractivity contribution is 5.78. The van der Waals surface area contributed by atoms with E-state index in [0.717, 1.165) is 18.0 Å². The van der Waals surface area contributed by atoms with E-state index in [9.17, 15) is 0 Å². The third-order valence-electron chi connectivity index (χ3n) is 4.53. The van der Waals surface area contributed by atoms with Crippen molar-refractivity contribution in [3.63, 3.8) is 0 Å². The van der Waals surface area contributed by atoms with Crippen LogP contribution in [0.2, 0.25) is 0 Å². The Hall–Kier alpha value is -1.41. The molecule has 1 N–H and O–H groups in total. The van der Waals surface area contributed by atoms with E-state index in [1.54, 1.807) is 0 Å². The molecular formula is C18H24N2. The van der Waals surface area contributed by atoms with Crippen LogP contribution in [0.15, 0.2) is 36.5 Å². The molecule has 2 aromatic rings. The topological polar surface area (TPSA) is 24.9 Å². The summed E-state index contributed by atoms with van der Waals surface area (Å²) < 4.78 is 0. The number of fused-ring (bicyclic) bond motifs is 1. The van der Waals surface area contributed by atoms with Gasteiger partial charge in [0.25, 0.3) is 0 Å². The Kier molecular flexibility index (Phi) is 4.31. The van der Waals surface area contributed by atoms with E-state index in [-0.39, 0.29) is 0 Å². The lowest BCUT2D eigenvalue weighted by Crippen LogP contribution is -2.23. The van der Waals surface area contributed by atoms with Crippen LogP contribution in [0.4, 0.5) is 0 Å². The number of nitrogens with zero attached hydrogens (tertiary/aromatic N) is 1. The van der Waals surface area contributed by atoms with Crippen LogP contribution in [0.1, 0.15) is 50.6 Å². The van der Waals surface area contributed by atoms with Crippen LogP contribution in [0.25, 0.3) is 10.9 Å². The lowest BCUT2D eigenvalue weighted by molar-refractivity contribution is 0.401. The third kappa shape index (κ3) is 3.01. The Bertz CT molecular complexity index is 558. The SMILES string of the molecule is CCNC(CC1CCCC1)c1ccc2cccnc2c1. The molecule has 1 fully saturated rings.